The molecule has 0 fully saturated rings. The molecule has 0 spiro atoms. The Hall–Kier alpha value is -1.39. The summed E-state index contributed by atoms with van der Waals surface area (Å²) in [5.74, 6) is -0.0464. The van der Waals surface area contributed by atoms with Crippen LogP contribution in [0.3, 0.4) is 0 Å². The largest absolute Gasteiger partial charge is 0.353 e. The highest BCUT2D eigenvalue weighted by Crippen LogP contribution is 2.39. The fourth-order valence-corrected chi connectivity index (χ4v) is 2.55. The molecule has 1 aliphatic rings. The number of carbonyl (C=O) groups excluding carboxylic acids is 1. The maximum Gasteiger partial charge on any atom is 0.234 e. The molecule has 1 aromatic rings. The standard InChI is InChI=1S/C15H21NO3/c1-4-18-14(19-5-2)10-12-11-8-6-7-9-13(11)16(3)15(12)17/h6-9,12,14H,4-5,10H2,1-3H3. The second-order valence-corrected chi connectivity index (χ2v) is 4.58. The molecule has 0 aromatic heterocycles. The first-order valence-corrected chi connectivity index (χ1v) is 6.78. The van der Waals surface area contributed by atoms with E-state index in [-0.39, 0.29) is 18.1 Å². The maximum absolute atomic E-state index is 12.3. The summed E-state index contributed by atoms with van der Waals surface area (Å²) in [5, 5.41) is 0. The smallest absolute Gasteiger partial charge is 0.234 e. The lowest BCUT2D eigenvalue weighted by molar-refractivity contribution is -0.146. The minimum atomic E-state index is -0.316. The van der Waals surface area contributed by atoms with Crippen LogP contribution in [-0.2, 0) is 14.3 Å². The molecule has 0 saturated carbocycles. The van der Waals surface area contributed by atoms with Gasteiger partial charge in [-0.15, -0.1) is 0 Å². The summed E-state index contributed by atoms with van der Waals surface area (Å²) >= 11 is 0. The summed E-state index contributed by atoms with van der Waals surface area (Å²) in [6.45, 7) is 5.04. The van der Waals surface area contributed by atoms with Crippen molar-refractivity contribution in [1.29, 1.82) is 0 Å². The Morgan fingerprint density at radius 1 is 1.21 bits per heavy atom. The number of hydrogen-bond donors (Lipinski definition) is 0. The number of amides is 1. The molecule has 0 aliphatic carbocycles. The van der Waals surface area contributed by atoms with E-state index in [1.54, 1.807) is 4.90 Å². The lowest BCUT2D eigenvalue weighted by Crippen LogP contribution is -2.28. The average molecular weight is 263 g/mol. The number of benzene rings is 1. The van der Waals surface area contributed by atoms with Crippen molar-refractivity contribution < 1.29 is 14.3 Å². The quantitative estimate of drug-likeness (QED) is 0.740. The lowest BCUT2D eigenvalue weighted by Gasteiger charge is -2.20. The summed E-state index contributed by atoms with van der Waals surface area (Å²) < 4.78 is 11.1. The van der Waals surface area contributed by atoms with Gasteiger partial charge in [-0.2, -0.15) is 0 Å². The molecule has 1 unspecified atom stereocenters. The predicted molar refractivity (Wildman–Crippen MR) is 74.3 cm³/mol. The number of hydrogen-bond acceptors (Lipinski definition) is 3. The van der Waals surface area contributed by atoms with Gasteiger partial charge in [0.05, 0.1) is 5.92 Å². The van der Waals surface area contributed by atoms with Crippen LogP contribution >= 0.6 is 0 Å². The number of anilines is 1. The van der Waals surface area contributed by atoms with Gasteiger partial charge in [0.15, 0.2) is 6.29 Å². The van der Waals surface area contributed by atoms with Gasteiger partial charge in [-0.05, 0) is 25.5 Å². The van der Waals surface area contributed by atoms with Gasteiger partial charge in [-0.25, -0.2) is 0 Å². The number of carbonyl (C=O) groups is 1. The molecule has 1 aliphatic heterocycles. The molecule has 0 N–H and O–H groups in total. The molecule has 1 heterocycles. The molecule has 4 nitrogen and oxygen atoms in total. The Morgan fingerprint density at radius 2 is 1.84 bits per heavy atom. The van der Waals surface area contributed by atoms with E-state index in [9.17, 15) is 4.79 Å². The molecule has 1 atom stereocenters. The summed E-state index contributed by atoms with van der Waals surface area (Å²) in [5.41, 5.74) is 2.06. The number of likely N-dealkylation sites (N-methyl/N-ethyl adjacent to an activating group) is 1. The Balaban J connectivity index is 2.18. The molecule has 1 aromatic carbocycles. The van der Waals surface area contributed by atoms with Gasteiger partial charge >= 0.3 is 0 Å². The van der Waals surface area contributed by atoms with Crippen LogP contribution in [0.4, 0.5) is 5.69 Å². The first-order valence-electron chi connectivity index (χ1n) is 6.78. The van der Waals surface area contributed by atoms with E-state index in [0.717, 1.165) is 11.3 Å². The van der Waals surface area contributed by atoms with Gasteiger partial charge in [0.1, 0.15) is 0 Å². The van der Waals surface area contributed by atoms with Crippen molar-refractivity contribution in [2.24, 2.45) is 0 Å². The van der Waals surface area contributed by atoms with E-state index >= 15 is 0 Å². The molecule has 1 amide bonds. The molecule has 0 bridgehead atoms. The molecule has 0 saturated heterocycles. The van der Waals surface area contributed by atoms with Crippen LogP contribution in [0.2, 0.25) is 0 Å². The zero-order chi connectivity index (χ0) is 13.8. The van der Waals surface area contributed by atoms with Crippen molar-refractivity contribution in [1.82, 2.24) is 0 Å². The van der Waals surface area contributed by atoms with Crippen molar-refractivity contribution in [3.8, 4) is 0 Å². The minimum absolute atomic E-state index is 0.116. The number of ether oxygens (including phenoxy) is 2. The first-order chi connectivity index (χ1) is 9.19. The monoisotopic (exact) mass is 263 g/mol. The Kier molecular flexibility index (Phi) is 4.56. The second kappa shape index (κ2) is 6.17. The van der Waals surface area contributed by atoms with Crippen LogP contribution in [0, 0.1) is 0 Å². The van der Waals surface area contributed by atoms with E-state index in [0.29, 0.717) is 19.6 Å². The van der Waals surface area contributed by atoms with Crippen molar-refractivity contribution in [3.63, 3.8) is 0 Å². The highest BCUT2D eigenvalue weighted by molar-refractivity contribution is 6.04. The SMILES string of the molecule is CCOC(CC1C(=O)N(C)c2ccccc21)OCC. The number of para-hydroxylation sites is 1. The van der Waals surface area contributed by atoms with Gasteiger partial charge < -0.3 is 14.4 Å². The van der Waals surface area contributed by atoms with Gasteiger partial charge in [0, 0.05) is 32.4 Å². The van der Waals surface area contributed by atoms with Crippen LogP contribution < -0.4 is 4.90 Å². The number of nitrogens with zero attached hydrogens (tertiary/aromatic N) is 1. The van der Waals surface area contributed by atoms with Crippen LogP contribution in [0.15, 0.2) is 24.3 Å². The van der Waals surface area contributed by atoms with Gasteiger partial charge in [0.2, 0.25) is 5.91 Å². The minimum Gasteiger partial charge on any atom is -0.353 e. The predicted octanol–water partition coefficient (Wildman–Crippen LogP) is 2.54. The number of fused-ring (bicyclic) bond motifs is 1. The zero-order valence-electron chi connectivity index (χ0n) is 11.8. The highest BCUT2D eigenvalue weighted by atomic mass is 16.7. The number of rotatable bonds is 6. The maximum atomic E-state index is 12.3. The zero-order valence-corrected chi connectivity index (χ0v) is 11.8. The van der Waals surface area contributed by atoms with E-state index in [4.69, 9.17) is 9.47 Å². The first kappa shape index (κ1) is 14.0. The fourth-order valence-electron chi connectivity index (χ4n) is 2.55. The van der Waals surface area contributed by atoms with Gasteiger partial charge in [-0.1, -0.05) is 18.2 Å². The third-order valence-corrected chi connectivity index (χ3v) is 3.44. The topological polar surface area (TPSA) is 38.8 Å². The fraction of sp³-hybridized carbons (Fsp3) is 0.533. The third-order valence-electron chi connectivity index (χ3n) is 3.44. The molecular weight excluding hydrogens is 242 g/mol. The summed E-state index contributed by atoms with van der Waals surface area (Å²) in [6, 6.07) is 7.90. The van der Waals surface area contributed by atoms with E-state index in [1.807, 2.05) is 45.2 Å². The van der Waals surface area contributed by atoms with Crippen LogP contribution in [0.5, 0.6) is 0 Å². The Bertz CT molecular complexity index is 441. The van der Waals surface area contributed by atoms with Crippen molar-refractivity contribution in [2.45, 2.75) is 32.5 Å². The second-order valence-electron chi connectivity index (χ2n) is 4.58. The van der Waals surface area contributed by atoms with Gasteiger partial charge in [0.25, 0.3) is 0 Å². The third kappa shape index (κ3) is 2.80. The molecule has 0 radical (unpaired) electrons. The van der Waals surface area contributed by atoms with Gasteiger partial charge in [-0.3, -0.25) is 4.79 Å². The van der Waals surface area contributed by atoms with E-state index in [1.165, 1.54) is 0 Å². The van der Waals surface area contributed by atoms with Crippen molar-refractivity contribution >= 4 is 11.6 Å². The molecular formula is C15H21NO3. The highest BCUT2D eigenvalue weighted by Gasteiger charge is 2.36. The van der Waals surface area contributed by atoms with E-state index < -0.39 is 0 Å². The molecule has 104 valence electrons. The van der Waals surface area contributed by atoms with Crippen molar-refractivity contribution in [3.05, 3.63) is 29.8 Å². The summed E-state index contributed by atoms with van der Waals surface area (Å²) in [7, 11) is 1.82. The van der Waals surface area contributed by atoms with Crippen molar-refractivity contribution in [2.75, 3.05) is 25.2 Å². The lowest BCUT2D eigenvalue weighted by atomic mass is 9.97. The average Bonchev–Trinajstić information content (AvgIpc) is 2.65. The van der Waals surface area contributed by atoms with Crippen LogP contribution in [0.25, 0.3) is 0 Å². The summed E-state index contributed by atoms with van der Waals surface area (Å²) in [6.07, 6.45) is 0.255. The van der Waals surface area contributed by atoms with E-state index in [2.05, 4.69) is 0 Å². The molecule has 19 heavy (non-hydrogen) atoms. The normalized spacial score (nSPS) is 18.2. The Labute approximate surface area is 114 Å². The molecule has 4 heteroatoms. The van der Waals surface area contributed by atoms with Crippen LogP contribution in [0.1, 0.15) is 31.7 Å². The van der Waals surface area contributed by atoms with Crippen LogP contribution in [-0.4, -0.2) is 32.5 Å². The Morgan fingerprint density at radius 3 is 2.47 bits per heavy atom. The molecule has 2 rings (SSSR count). The summed E-state index contributed by atoms with van der Waals surface area (Å²) in [4.78, 5) is 14.0.